The van der Waals surface area contributed by atoms with Crippen molar-refractivity contribution in [2.75, 3.05) is 7.11 Å². The minimum atomic E-state index is -0.127. The predicted octanol–water partition coefficient (Wildman–Crippen LogP) is 6.22. The number of para-hydroxylation sites is 1. The van der Waals surface area contributed by atoms with Crippen molar-refractivity contribution in [2.45, 2.75) is 13.0 Å². The quantitative estimate of drug-likeness (QED) is 0.147. The number of allylic oxidation sites excluding steroid dienone is 1. The molecule has 0 spiro atoms. The molecule has 3 aromatic carbocycles. The lowest BCUT2D eigenvalue weighted by atomic mass is 10.2. The van der Waals surface area contributed by atoms with Crippen LogP contribution in [0.4, 0.5) is 0 Å². The number of fused-ring (bicyclic) bond motifs is 3. The zero-order chi connectivity index (χ0) is 22.5. The van der Waals surface area contributed by atoms with Crippen LogP contribution in [-0.2, 0) is 11.3 Å². The number of hydrogen-bond donors (Lipinski definition) is 1. The van der Waals surface area contributed by atoms with Gasteiger partial charge in [-0.25, -0.2) is 5.43 Å². The molecule has 0 aliphatic rings. The molecule has 0 aliphatic carbocycles. The first-order valence-corrected chi connectivity index (χ1v) is 12.2. The molecule has 0 radical (unpaired) electrons. The van der Waals surface area contributed by atoms with Crippen LogP contribution >= 0.6 is 45.2 Å². The largest absolute Gasteiger partial charge is 0.496 e. The van der Waals surface area contributed by atoms with E-state index in [0.29, 0.717) is 13.0 Å². The molecule has 32 heavy (non-hydrogen) atoms. The highest BCUT2D eigenvalue weighted by atomic mass is 127. The third-order valence-electron chi connectivity index (χ3n) is 5.12. The molecule has 0 saturated heterocycles. The number of aromatic nitrogens is 1. The predicted molar refractivity (Wildman–Crippen MR) is 148 cm³/mol. The fourth-order valence-electron chi connectivity index (χ4n) is 3.66. The molecule has 0 aliphatic heterocycles. The minimum absolute atomic E-state index is 0.127. The molecule has 0 unspecified atom stereocenters. The Bertz CT molecular complexity index is 1280. The molecule has 4 rings (SSSR count). The molecule has 162 valence electrons. The third-order valence-corrected chi connectivity index (χ3v) is 6.46. The molecule has 1 amide bonds. The number of hydrogen-bond acceptors (Lipinski definition) is 3. The first kappa shape index (κ1) is 22.8. The van der Waals surface area contributed by atoms with E-state index in [4.69, 9.17) is 4.74 Å². The van der Waals surface area contributed by atoms with E-state index in [1.54, 1.807) is 19.4 Å². The number of halogens is 2. The van der Waals surface area contributed by atoms with Crippen LogP contribution in [0.2, 0.25) is 0 Å². The van der Waals surface area contributed by atoms with E-state index < -0.39 is 0 Å². The fraction of sp³-hybridized carbons (Fsp3) is 0.120. The van der Waals surface area contributed by atoms with Crippen molar-refractivity contribution in [1.82, 2.24) is 9.99 Å². The van der Waals surface area contributed by atoms with Gasteiger partial charge >= 0.3 is 0 Å². The first-order chi connectivity index (χ1) is 15.6. The molecule has 0 saturated carbocycles. The van der Waals surface area contributed by atoms with Gasteiger partial charge in [0.15, 0.2) is 0 Å². The molecule has 0 bridgehead atoms. The summed E-state index contributed by atoms with van der Waals surface area (Å²) in [4.78, 5) is 12.4. The Kier molecular flexibility index (Phi) is 7.46. The Morgan fingerprint density at radius 2 is 1.69 bits per heavy atom. The Labute approximate surface area is 213 Å². The molecule has 1 aromatic heterocycles. The number of nitrogens with zero attached hydrogens (tertiary/aromatic N) is 2. The SMILES string of the molecule is COc1ccccc1/C=C/C=N\NC(=O)CCn1c2ccc(I)cc2c2cc(I)ccc21. The summed E-state index contributed by atoms with van der Waals surface area (Å²) < 4.78 is 9.91. The van der Waals surface area contributed by atoms with Gasteiger partial charge in [0, 0.05) is 53.7 Å². The second-order valence-corrected chi connectivity index (χ2v) is 9.63. The number of methoxy groups -OCH3 is 1. The van der Waals surface area contributed by atoms with Crippen LogP contribution in [0, 0.1) is 7.14 Å². The van der Waals surface area contributed by atoms with Crippen LogP contribution in [0.15, 0.2) is 71.8 Å². The van der Waals surface area contributed by atoms with Crippen molar-refractivity contribution in [3.63, 3.8) is 0 Å². The highest BCUT2D eigenvalue weighted by molar-refractivity contribution is 14.1. The summed E-state index contributed by atoms with van der Waals surface area (Å²) in [5.41, 5.74) is 5.83. The van der Waals surface area contributed by atoms with Crippen LogP contribution in [0.25, 0.3) is 27.9 Å². The maximum absolute atomic E-state index is 12.4. The van der Waals surface area contributed by atoms with Crippen molar-refractivity contribution in [2.24, 2.45) is 5.10 Å². The van der Waals surface area contributed by atoms with Gasteiger partial charge in [0.25, 0.3) is 0 Å². The van der Waals surface area contributed by atoms with Crippen molar-refractivity contribution in [3.8, 4) is 5.75 Å². The van der Waals surface area contributed by atoms with Crippen LogP contribution in [0.5, 0.6) is 5.75 Å². The smallest absolute Gasteiger partial charge is 0.241 e. The number of aryl methyl sites for hydroxylation is 1. The van der Waals surface area contributed by atoms with E-state index in [1.807, 2.05) is 30.3 Å². The van der Waals surface area contributed by atoms with Gasteiger partial charge in [0.05, 0.1) is 7.11 Å². The van der Waals surface area contributed by atoms with E-state index in [0.717, 1.165) is 22.3 Å². The molecule has 1 heterocycles. The number of carbonyl (C=O) groups excluding carboxylic acids is 1. The zero-order valence-corrected chi connectivity index (χ0v) is 21.7. The van der Waals surface area contributed by atoms with Crippen LogP contribution in [-0.4, -0.2) is 23.8 Å². The van der Waals surface area contributed by atoms with Crippen LogP contribution < -0.4 is 10.2 Å². The van der Waals surface area contributed by atoms with Gasteiger partial charge < -0.3 is 9.30 Å². The number of amides is 1. The molecule has 4 aromatic rings. The first-order valence-electron chi connectivity index (χ1n) is 10.1. The summed E-state index contributed by atoms with van der Waals surface area (Å²) in [5, 5.41) is 6.45. The topological polar surface area (TPSA) is 55.6 Å². The van der Waals surface area contributed by atoms with Gasteiger partial charge in [-0.05, 0) is 99.8 Å². The normalized spacial score (nSPS) is 11.7. The second-order valence-electron chi connectivity index (χ2n) is 7.14. The summed E-state index contributed by atoms with van der Waals surface area (Å²) in [6.07, 6.45) is 5.56. The van der Waals surface area contributed by atoms with E-state index in [1.165, 1.54) is 17.9 Å². The van der Waals surface area contributed by atoms with Crippen molar-refractivity contribution < 1.29 is 9.53 Å². The average Bonchev–Trinajstić information content (AvgIpc) is 3.09. The molecule has 7 heteroatoms. The van der Waals surface area contributed by atoms with E-state index >= 15 is 0 Å². The number of rotatable bonds is 7. The van der Waals surface area contributed by atoms with Crippen LogP contribution in [0.3, 0.4) is 0 Å². The Hall–Kier alpha value is -2.40. The standard InChI is InChI=1S/C25H21I2N3O2/c1-32-24-7-3-2-5-17(24)6-4-13-28-29-25(31)12-14-30-22-10-8-18(26)15-20(22)21-16-19(27)9-11-23(21)30/h2-11,13,15-16H,12,14H2,1H3,(H,29,31)/b6-4+,28-13-. The van der Waals surface area contributed by atoms with Crippen molar-refractivity contribution in [1.29, 1.82) is 0 Å². The Morgan fingerprint density at radius 1 is 1.03 bits per heavy atom. The Morgan fingerprint density at radius 3 is 2.34 bits per heavy atom. The van der Waals surface area contributed by atoms with Gasteiger partial charge in [-0.15, -0.1) is 0 Å². The van der Waals surface area contributed by atoms with E-state index in [-0.39, 0.29) is 5.91 Å². The fourth-order valence-corrected chi connectivity index (χ4v) is 4.64. The molecular weight excluding hydrogens is 628 g/mol. The summed E-state index contributed by atoms with van der Waals surface area (Å²) >= 11 is 4.67. The summed E-state index contributed by atoms with van der Waals surface area (Å²) in [6.45, 7) is 0.583. The third kappa shape index (κ3) is 5.15. The van der Waals surface area contributed by atoms with E-state index in [2.05, 4.69) is 96.7 Å². The van der Waals surface area contributed by atoms with Gasteiger partial charge in [-0.1, -0.05) is 18.2 Å². The van der Waals surface area contributed by atoms with Gasteiger partial charge in [-0.2, -0.15) is 5.10 Å². The molecular formula is C25H21I2N3O2. The van der Waals surface area contributed by atoms with Crippen LogP contribution in [0.1, 0.15) is 12.0 Å². The van der Waals surface area contributed by atoms with Gasteiger partial charge in [0.2, 0.25) is 5.91 Å². The maximum Gasteiger partial charge on any atom is 0.241 e. The Balaban J connectivity index is 1.43. The van der Waals surface area contributed by atoms with Crippen molar-refractivity contribution >= 4 is 85.2 Å². The molecule has 5 nitrogen and oxygen atoms in total. The lowest BCUT2D eigenvalue weighted by Gasteiger charge is -2.07. The lowest BCUT2D eigenvalue weighted by Crippen LogP contribution is -2.19. The van der Waals surface area contributed by atoms with Gasteiger partial charge in [-0.3, -0.25) is 4.79 Å². The summed E-state index contributed by atoms with van der Waals surface area (Å²) in [5.74, 6) is 0.662. The number of carbonyl (C=O) groups is 1. The molecule has 0 fully saturated rings. The molecule has 0 atom stereocenters. The second kappa shape index (κ2) is 10.5. The highest BCUT2D eigenvalue weighted by Crippen LogP contribution is 2.31. The lowest BCUT2D eigenvalue weighted by molar-refractivity contribution is -0.121. The number of nitrogens with one attached hydrogen (secondary N) is 1. The monoisotopic (exact) mass is 649 g/mol. The van der Waals surface area contributed by atoms with Crippen molar-refractivity contribution in [3.05, 3.63) is 79.4 Å². The summed E-state index contributed by atoms with van der Waals surface area (Å²) in [6, 6.07) is 20.6. The minimum Gasteiger partial charge on any atom is -0.496 e. The molecule has 1 N–H and O–H groups in total. The number of benzene rings is 3. The van der Waals surface area contributed by atoms with Gasteiger partial charge in [0.1, 0.15) is 5.75 Å². The highest BCUT2D eigenvalue weighted by Gasteiger charge is 2.12. The summed E-state index contributed by atoms with van der Waals surface area (Å²) in [7, 11) is 1.64. The van der Waals surface area contributed by atoms with E-state index in [9.17, 15) is 4.79 Å². The number of ether oxygens (including phenoxy) is 1. The maximum atomic E-state index is 12.4. The zero-order valence-electron chi connectivity index (χ0n) is 17.4. The number of hydrazone groups is 1. The average molecular weight is 649 g/mol.